The van der Waals surface area contributed by atoms with Gasteiger partial charge in [0.05, 0.1) is 20.6 Å². The van der Waals surface area contributed by atoms with Gasteiger partial charge in [-0.15, -0.1) is 0 Å². The van der Waals surface area contributed by atoms with E-state index in [-0.39, 0.29) is 18.1 Å². The van der Waals surface area contributed by atoms with Crippen molar-refractivity contribution < 1.29 is 19.1 Å². The molecular weight excluding hydrogens is 344 g/mol. The molecule has 2 rings (SSSR count). The summed E-state index contributed by atoms with van der Waals surface area (Å²) >= 11 is 0. The predicted molar refractivity (Wildman–Crippen MR) is 106 cm³/mol. The summed E-state index contributed by atoms with van der Waals surface area (Å²) in [6, 6.07) is 4.26. The monoisotopic (exact) mass is 376 g/mol. The SMILES string of the molecule is CC[C@H]1CN(C(=O)Cc2cc(OC)c(OC)cc2C(C)=O)CCN1C(C)C. The molecule has 1 aliphatic heterocycles. The Labute approximate surface area is 162 Å². The minimum absolute atomic E-state index is 0.0478. The molecule has 27 heavy (non-hydrogen) atoms. The molecule has 0 aromatic heterocycles. The van der Waals surface area contributed by atoms with E-state index >= 15 is 0 Å². The van der Waals surface area contributed by atoms with Crippen molar-refractivity contribution >= 4 is 11.7 Å². The first kappa shape index (κ1) is 21.2. The number of hydrogen-bond donors (Lipinski definition) is 0. The summed E-state index contributed by atoms with van der Waals surface area (Å²) in [5.74, 6) is 0.984. The Balaban J connectivity index is 2.21. The predicted octanol–water partition coefficient (Wildman–Crippen LogP) is 2.78. The summed E-state index contributed by atoms with van der Waals surface area (Å²) in [6.45, 7) is 10.4. The average molecular weight is 376 g/mol. The molecule has 6 heteroatoms. The van der Waals surface area contributed by atoms with Gasteiger partial charge in [0.2, 0.25) is 5.91 Å². The van der Waals surface area contributed by atoms with Crippen LogP contribution in [0.4, 0.5) is 0 Å². The number of hydrogen-bond acceptors (Lipinski definition) is 5. The standard InChI is InChI=1S/C21H32N2O4/c1-7-17-13-22(8-9-23(17)14(2)3)21(25)11-16-10-19(26-5)20(27-6)12-18(16)15(4)24/h10,12,14,17H,7-9,11,13H2,1-6H3/t17-/m0/s1. The van der Waals surface area contributed by atoms with Crippen LogP contribution in [0.15, 0.2) is 12.1 Å². The van der Waals surface area contributed by atoms with E-state index in [1.54, 1.807) is 19.2 Å². The molecule has 0 aliphatic carbocycles. The molecule has 1 fully saturated rings. The summed E-state index contributed by atoms with van der Waals surface area (Å²) < 4.78 is 10.6. The number of piperazine rings is 1. The number of amides is 1. The molecule has 0 unspecified atom stereocenters. The van der Waals surface area contributed by atoms with Crippen LogP contribution in [-0.2, 0) is 11.2 Å². The van der Waals surface area contributed by atoms with E-state index in [4.69, 9.17) is 9.47 Å². The van der Waals surface area contributed by atoms with Gasteiger partial charge >= 0.3 is 0 Å². The van der Waals surface area contributed by atoms with Crippen molar-refractivity contribution in [1.82, 2.24) is 9.80 Å². The highest BCUT2D eigenvalue weighted by atomic mass is 16.5. The number of ketones is 1. The Morgan fingerprint density at radius 2 is 1.78 bits per heavy atom. The Bertz CT molecular complexity index is 687. The quantitative estimate of drug-likeness (QED) is 0.685. The fourth-order valence-corrected chi connectivity index (χ4v) is 3.81. The lowest BCUT2D eigenvalue weighted by Crippen LogP contribution is -2.56. The van der Waals surface area contributed by atoms with Crippen LogP contribution in [0.1, 0.15) is 50.0 Å². The van der Waals surface area contributed by atoms with E-state index in [0.29, 0.717) is 34.7 Å². The highest BCUT2D eigenvalue weighted by Crippen LogP contribution is 2.31. The number of nitrogens with zero attached hydrogens (tertiary/aromatic N) is 2. The van der Waals surface area contributed by atoms with Crippen LogP contribution < -0.4 is 9.47 Å². The van der Waals surface area contributed by atoms with Crippen LogP contribution in [0.25, 0.3) is 0 Å². The zero-order chi connectivity index (χ0) is 20.1. The minimum Gasteiger partial charge on any atom is -0.493 e. The summed E-state index contributed by atoms with van der Waals surface area (Å²) in [5.41, 5.74) is 1.19. The van der Waals surface area contributed by atoms with Gasteiger partial charge in [-0.1, -0.05) is 6.92 Å². The third-order valence-corrected chi connectivity index (χ3v) is 5.35. The molecule has 0 N–H and O–H groups in total. The molecule has 150 valence electrons. The van der Waals surface area contributed by atoms with Gasteiger partial charge in [0.1, 0.15) is 0 Å². The van der Waals surface area contributed by atoms with Crippen molar-refractivity contribution in [2.75, 3.05) is 33.9 Å². The smallest absolute Gasteiger partial charge is 0.227 e. The molecule has 1 aliphatic rings. The first-order valence-electron chi connectivity index (χ1n) is 9.61. The fraction of sp³-hybridized carbons (Fsp3) is 0.619. The number of methoxy groups -OCH3 is 2. The van der Waals surface area contributed by atoms with Crippen LogP contribution in [0.5, 0.6) is 11.5 Å². The number of rotatable bonds is 7. The third kappa shape index (κ3) is 4.80. The Morgan fingerprint density at radius 1 is 1.15 bits per heavy atom. The second-order valence-corrected chi connectivity index (χ2v) is 7.33. The maximum absolute atomic E-state index is 13.0. The van der Waals surface area contributed by atoms with Gasteiger partial charge in [0.25, 0.3) is 0 Å². The van der Waals surface area contributed by atoms with Crippen LogP contribution in [-0.4, -0.2) is 67.4 Å². The molecule has 1 heterocycles. The van der Waals surface area contributed by atoms with E-state index in [1.165, 1.54) is 14.0 Å². The zero-order valence-electron chi connectivity index (χ0n) is 17.4. The maximum atomic E-state index is 13.0. The van der Waals surface area contributed by atoms with Gasteiger partial charge < -0.3 is 14.4 Å². The van der Waals surface area contributed by atoms with Crippen molar-refractivity contribution in [3.8, 4) is 11.5 Å². The lowest BCUT2D eigenvalue weighted by Gasteiger charge is -2.43. The number of Topliss-reactive ketones (excluding diaryl/α,β-unsaturated/α-hetero) is 1. The lowest BCUT2D eigenvalue weighted by atomic mass is 9.99. The zero-order valence-corrected chi connectivity index (χ0v) is 17.4. The van der Waals surface area contributed by atoms with E-state index < -0.39 is 0 Å². The average Bonchev–Trinajstić information content (AvgIpc) is 2.66. The molecule has 1 aromatic carbocycles. The van der Waals surface area contributed by atoms with Crippen molar-refractivity contribution in [3.63, 3.8) is 0 Å². The van der Waals surface area contributed by atoms with Crippen LogP contribution >= 0.6 is 0 Å². The largest absolute Gasteiger partial charge is 0.493 e. The molecule has 6 nitrogen and oxygen atoms in total. The van der Waals surface area contributed by atoms with E-state index in [2.05, 4.69) is 25.7 Å². The lowest BCUT2D eigenvalue weighted by molar-refractivity contribution is -0.134. The third-order valence-electron chi connectivity index (χ3n) is 5.35. The fourth-order valence-electron chi connectivity index (χ4n) is 3.81. The van der Waals surface area contributed by atoms with Gasteiger partial charge in [-0.3, -0.25) is 14.5 Å². The summed E-state index contributed by atoms with van der Waals surface area (Å²) in [4.78, 5) is 29.4. The Kier molecular flexibility index (Phi) is 7.25. The number of benzene rings is 1. The Hall–Kier alpha value is -2.08. The summed E-state index contributed by atoms with van der Waals surface area (Å²) in [7, 11) is 3.08. The first-order chi connectivity index (χ1) is 12.8. The van der Waals surface area contributed by atoms with E-state index in [1.807, 2.05) is 4.90 Å². The van der Waals surface area contributed by atoms with Gasteiger partial charge in [0, 0.05) is 37.3 Å². The van der Waals surface area contributed by atoms with Gasteiger partial charge in [0.15, 0.2) is 17.3 Å². The molecule has 1 saturated heterocycles. The van der Waals surface area contributed by atoms with Gasteiger partial charge in [-0.05, 0) is 44.9 Å². The van der Waals surface area contributed by atoms with Crippen molar-refractivity contribution in [2.24, 2.45) is 0 Å². The molecule has 1 atom stereocenters. The van der Waals surface area contributed by atoms with Crippen LogP contribution in [0.3, 0.4) is 0 Å². The van der Waals surface area contributed by atoms with Crippen molar-refractivity contribution in [1.29, 1.82) is 0 Å². The molecule has 0 saturated carbocycles. The van der Waals surface area contributed by atoms with Crippen molar-refractivity contribution in [2.45, 2.75) is 52.6 Å². The van der Waals surface area contributed by atoms with E-state index in [0.717, 1.165) is 26.1 Å². The number of carbonyl (C=O) groups excluding carboxylic acids is 2. The normalized spacial score (nSPS) is 17.9. The van der Waals surface area contributed by atoms with Crippen LogP contribution in [0.2, 0.25) is 0 Å². The van der Waals surface area contributed by atoms with Crippen molar-refractivity contribution in [3.05, 3.63) is 23.3 Å². The first-order valence-corrected chi connectivity index (χ1v) is 9.61. The number of ether oxygens (including phenoxy) is 2. The highest BCUT2D eigenvalue weighted by molar-refractivity contribution is 5.97. The Morgan fingerprint density at radius 3 is 2.30 bits per heavy atom. The maximum Gasteiger partial charge on any atom is 0.227 e. The molecule has 1 amide bonds. The topological polar surface area (TPSA) is 59.1 Å². The summed E-state index contributed by atoms with van der Waals surface area (Å²) in [5, 5.41) is 0. The van der Waals surface area contributed by atoms with E-state index in [9.17, 15) is 9.59 Å². The molecule has 1 aromatic rings. The molecule has 0 spiro atoms. The minimum atomic E-state index is -0.0881. The molecule has 0 radical (unpaired) electrons. The van der Waals surface area contributed by atoms with Gasteiger partial charge in [-0.2, -0.15) is 0 Å². The molecular formula is C21H32N2O4. The summed E-state index contributed by atoms with van der Waals surface area (Å²) in [6.07, 6.45) is 1.20. The molecule has 0 bridgehead atoms. The number of carbonyl (C=O) groups is 2. The highest BCUT2D eigenvalue weighted by Gasteiger charge is 2.30. The van der Waals surface area contributed by atoms with Gasteiger partial charge in [-0.25, -0.2) is 0 Å². The van der Waals surface area contributed by atoms with Crippen LogP contribution in [0, 0.1) is 0 Å². The second-order valence-electron chi connectivity index (χ2n) is 7.33. The second kappa shape index (κ2) is 9.22.